The SMILES string of the molecule is C=CCc1cc(C2C3=C(CCCC3=O)NC3=C2C(=O)CCC3)cc(OCC)c1OCc1ccc([N+](=O)[O-])cc1. The highest BCUT2D eigenvalue weighted by Crippen LogP contribution is 2.47. The Morgan fingerprint density at radius 3 is 2.21 bits per heavy atom. The second-order valence-corrected chi connectivity index (χ2v) is 10.0. The molecule has 0 bridgehead atoms. The van der Waals surface area contributed by atoms with E-state index in [0.29, 0.717) is 48.5 Å². The Labute approximate surface area is 227 Å². The van der Waals surface area contributed by atoms with E-state index in [-0.39, 0.29) is 23.9 Å². The van der Waals surface area contributed by atoms with Crippen molar-refractivity contribution in [1.29, 1.82) is 0 Å². The summed E-state index contributed by atoms with van der Waals surface area (Å²) in [4.78, 5) is 37.1. The van der Waals surface area contributed by atoms with Crippen molar-refractivity contribution in [3.8, 4) is 11.5 Å². The fourth-order valence-electron chi connectivity index (χ4n) is 5.77. The molecule has 39 heavy (non-hydrogen) atoms. The summed E-state index contributed by atoms with van der Waals surface area (Å²) >= 11 is 0. The van der Waals surface area contributed by atoms with Gasteiger partial charge in [-0.15, -0.1) is 6.58 Å². The van der Waals surface area contributed by atoms with E-state index in [1.54, 1.807) is 18.2 Å². The molecule has 1 N–H and O–H groups in total. The molecule has 0 aromatic heterocycles. The van der Waals surface area contributed by atoms with Gasteiger partial charge in [-0.1, -0.05) is 12.1 Å². The van der Waals surface area contributed by atoms with Gasteiger partial charge in [-0.3, -0.25) is 19.7 Å². The smallest absolute Gasteiger partial charge is 0.269 e. The van der Waals surface area contributed by atoms with Crippen LogP contribution in [0, 0.1) is 10.1 Å². The summed E-state index contributed by atoms with van der Waals surface area (Å²) in [7, 11) is 0. The first-order chi connectivity index (χ1) is 18.9. The van der Waals surface area contributed by atoms with Crippen LogP contribution >= 0.6 is 0 Å². The molecule has 0 fully saturated rings. The summed E-state index contributed by atoms with van der Waals surface area (Å²) < 4.78 is 12.3. The first kappa shape index (κ1) is 26.4. The van der Waals surface area contributed by atoms with E-state index < -0.39 is 10.8 Å². The summed E-state index contributed by atoms with van der Waals surface area (Å²) in [6.45, 7) is 6.40. The van der Waals surface area contributed by atoms with Gasteiger partial charge in [0.25, 0.3) is 5.69 Å². The van der Waals surface area contributed by atoms with Crippen LogP contribution in [0.25, 0.3) is 0 Å². The topological polar surface area (TPSA) is 108 Å². The molecule has 0 atom stereocenters. The molecule has 0 saturated heterocycles. The molecule has 8 nitrogen and oxygen atoms in total. The summed E-state index contributed by atoms with van der Waals surface area (Å²) in [5.74, 6) is 0.813. The minimum Gasteiger partial charge on any atom is -0.490 e. The van der Waals surface area contributed by atoms with Crippen LogP contribution in [-0.2, 0) is 22.6 Å². The molecule has 5 rings (SSSR count). The van der Waals surface area contributed by atoms with Crippen molar-refractivity contribution in [2.75, 3.05) is 6.61 Å². The number of ether oxygens (including phenoxy) is 2. The summed E-state index contributed by atoms with van der Waals surface area (Å²) in [6, 6.07) is 10.1. The van der Waals surface area contributed by atoms with Gasteiger partial charge in [0.05, 0.1) is 11.5 Å². The zero-order valence-corrected chi connectivity index (χ0v) is 22.1. The van der Waals surface area contributed by atoms with E-state index in [9.17, 15) is 19.7 Å². The Hall–Kier alpha value is -4.20. The van der Waals surface area contributed by atoms with E-state index in [1.165, 1.54) is 12.1 Å². The van der Waals surface area contributed by atoms with Crippen LogP contribution in [0.1, 0.15) is 68.1 Å². The number of nitro benzene ring substituents is 1. The van der Waals surface area contributed by atoms with Crippen molar-refractivity contribution >= 4 is 17.3 Å². The molecule has 1 heterocycles. The lowest BCUT2D eigenvalue weighted by molar-refractivity contribution is -0.384. The number of rotatable bonds is 9. The van der Waals surface area contributed by atoms with Gasteiger partial charge in [0.1, 0.15) is 6.61 Å². The highest BCUT2D eigenvalue weighted by molar-refractivity contribution is 6.06. The maximum absolute atomic E-state index is 13.3. The monoisotopic (exact) mass is 528 g/mol. The molecule has 2 aromatic rings. The maximum Gasteiger partial charge on any atom is 0.269 e. The van der Waals surface area contributed by atoms with Crippen molar-refractivity contribution in [2.24, 2.45) is 0 Å². The van der Waals surface area contributed by atoms with Crippen molar-refractivity contribution in [3.05, 3.63) is 98.4 Å². The molecule has 202 valence electrons. The predicted molar refractivity (Wildman–Crippen MR) is 147 cm³/mol. The predicted octanol–water partition coefficient (Wildman–Crippen LogP) is 6.00. The Kier molecular flexibility index (Phi) is 7.63. The van der Waals surface area contributed by atoms with Crippen LogP contribution in [-0.4, -0.2) is 23.1 Å². The number of allylic oxidation sites excluding steroid dienone is 5. The number of hydrogen-bond donors (Lipinski definition) is 1. The molecule has 8 heteroatoms. The molecule has 2 aromatic carbocycles. The van der Waals surface area contributed by atoms with Crippen LogP contribution in [0.15, 0.2) is 71.6 Å². The average Bonchev–Trinajstić information content (AvgIpc) is 2.92. The average molecular weight is 529 g/mol. The van der Waals surface area contributed by atoms with Crippen LogP contribution in [0.5, 0.6) is 11.5 Å². The fraction of sp³-hybridized carbons (Fsp3) is 0.355. The number of benzene rings is 2. The number of carbonyl (C=O) groups is 2. The van der Waals surface area contributed by atoms with Gasteiger partial charge in [-0.2, -0.15) is 0 Å². The lowest BCUT2D eigenvalue weighted by atomic mass is 9.71. The van der Waals surface area contributed by atoms with E-state index in [2.05, 4.69) is 11.9 Å². The number of nitrogens with zero attached hydrogens (tertiary/aromatic N) is 1. The maximum atomic E-state index is 13.3. The van der Waals surface area contributed by atoms with Crippen LogP contribution in [0.3, 0.4) is 0 Å². The quantitative estimate of drug-likeness (QED) is 0.241. The zero-order valence-electron chi connectivity index (χ0n) is 22.1. The van der Waals surface area contributed by atoms with Gasteiger partial charge < -0.3 is 14.8 Å². The third kappa shape index (κ3) is 5.24. The minimum absolute atomic E-state index is 0.0179. The molecular formula is C31H32N2O6. The van der Waals surface area contributed by atoms with Gasteiger partial charge in [0, 0.05) is 59.0 Å². The fourth-order valence-corrected chi connectivity index (χ4v) is 5.77. The number of nitrogens with one attached hydrogen (secondary N) is 1. The van der Waals surface area contributed by atoms with Gasteiger partial charge in [0.2, 0.25) is 0 Å². The molecule has 0 amide bonds. The molecule has 3 aliphatic rings. The molecule has 0 saturated carbocycles. The summed E-state index contributed by atoms with van der Waals surface area (Å²) in [5.41, 5.74) is 5.73. The molecular weight excluding hydrogens is 496 g/mol. The number of hydrogen-bond acceptors (Lipinski definition) is 7. The first-order valence-corrected chi connectivity index (χ1v) is 13.5. The minimum atomic E-state index is -0.441. The van der Waals surface area contributed by atoms with Crippen LogP contribution < -0.4 is 14.8 Å². The second kappa shape index (κ2) is 11.3. The molecule has 0 spiro atoms. The van der Waals surface area contributed by atoms with E-state index >= 15 is 0 Å². The van der Waals surface area contributed by atoms with Crippen molar-refractivity contribution < 1.29 is 24.0 Å². The summed E-state index contributed by atoms with van der Waals surface area (Å²) in [6.07, 6.45) is 6.40. The van der Waals surface area contributed by atoms with E-state index in [0.717, 1.165) is 53.8 Å². The number of Topliss-reactive ketones (excluding diaryl/α,β-unsaturated/α-hetero) is 2. The van der Waals surface area contributed by atoms with Crippen molar-refractivity contribution in [2.45, 2.75) is 64.4 Å². The van der Waals surface area contributed by atoms with Gasteiger partial charge in [-0.05, 0) is 68.4 Å². The normalized spacial score (nSPS) is 17.4. The third-order valence-electron chi connectivity index (χ3n) is 7.47. The highest BCUT2D eigenvalue weighted by atomic mass is 16.6. The number of carbonyl (C=O) groups excluding carboxylic acids is 2. The van der Waals surface area contributed by atoms with Gasteiger partial charge in [-0.25, -0.2) is 0 Å². The Morgan fingerprint density at radius 2 is 1.64 bits per heavy atom. The third-order valence-corrected chi connectivity index (χ3v) is 7.47. The Balaban J connectivity index is 1.58. The first-order valence-electron chi connectivity index (χ1n) is 13.5. The summed E-state index contributed by atoms with van der Waals surface area (Å²) in [5, 5.41) is 14.5. The van der Waals surface area contributed by atoms with Crippen molar-refractivity contribution in [1.82, 2.24) is 5.32 Å². The number of dihydropyridines is 1. The lowest BCUT2D eigenvalue weighted by Gasteiger charge is -2.37. The molecule has 0 radical (unpaired) electrons. The number of non-ortho nitro benzene ring substituents is 1. The molecule has 2 aliphatic carbocycles. The van der Waals surface area contributed by atoms with Crippen molar-refractivity contribution in [3.63, 3.8) is 0 Å². The van der Waals surface area contributed by atoms with Gasteiger partial charge >= 0.3 is 0 Å². The zero-order chi connectivity index (χ0) is 27.5. The number of ketones is 2. The number of nitro groups is 1. The Morgan fingerprint density at radius 1 is 1.00 bits per heavy atom. The molecule has 0 unspecified atom stereocenters. The van der Waals surface area contributed by atoms with Crippen LogP contribution in [0.4, 0.5) is 5.69 Å². The largest absolute Gasteiger partial charge is 0.490 e. The Bertz CT molecular complexity index is 1360. The van der Waals surface area contributed by atoms with E-state index in [4.69, 9.17) is 9.47 Å². The standard InChI is InChI=1S/C31H32N2O6/c1-3-7-20-16-21(17-27(38-4-2)31(20)39-18-19-12-14-22(15-13-19)33(36)37)28-29-23(8-5-10-25(29)34)32-24-9-6-11-26(35)30(24)28/h3,12-17,28,32H,1,4-11,18H2,2H3. The molecule has 1 aliphatic heterocycles. The highest BCUT2D eigenvalue weighted by Gasteiger charge is 2.40. The van der Waals surface area contributed by atoms with Crippen LogP contribution in [0.2, 0.25) is 0 Å². The lowest BCUT2D eigenvalue weighted by Crippen LogP contribution is -2.36. The second-order valence-electron chi connectivity index (χ2n) is 10.0. The van der Waals surface area contributed by atoms with E-state index in [1.807, 2.05) is 19.1 Å². The van der Waals surface area contributed by atoms with Gasteiger partial charge in [0.15, 0.2) is 23.1 Å².